The first-order valence-electron chi connectivity index (χ1n) is 30.1. The van der Waals surface area contributed by atoms with Crippen molar-refractivity contribution in [2.24, 2.45) is 0 Å². The zero-order valence-electron chi connectivity index (χ0n) is 49.7. The number of aromatic nitrogens is 4. The average Bonchev–Trinajstić information content (AvgIpc) is 1.62. The highest BCUT2D eigenvalue weighted by atomic mass is 19.1. The number of carboxylic acids is 1. The summed E-state index contributed by atoms with van der Waals surface area (Å²) < 4.78 is 70.7. The summed E-state index contributed by atoms with van der Waals surface area (Å²) in [7, 11) is 0. The Labute approximate surface area is 506 Å². The molecule has 4 aromatic heterocycles. The Balaban J connectivity index is 0.705. The van der Waals surface area contributed by atoms with Gasteiger partial charge in [0.15, 0.2) is 0 Å². The third kappa shape index (κ3) is 10.6. The van der Waals surface area contributed by atoms with Crippen LogP contribution < -0.4 is 46.6 Å². The minimum absolute atomic E-state index is 0.0000915. The molecule has 4 aromatic carbocycles. The topological polar surface area (TPSA) is 211 Å². The summed E-state index contributed by atoms with van der Waals surface area (Å²) in [6.45, 7) is 13.0. The van der Waals surface area contributed by atoms with Crippen molar-refractivity contribution in [3.05, 3.63) is 160 Å². The number of nitrogens with one attached hydrogen (secondary N) is 1. The molecule has 0 atom stereocenters. The van der Waals surface area contributed by atoms with Crippen molar-refractivity contribution in [3.8, 4) is 0 Å². The van der Waals surface area contributed by atoms with Gasteiger partial charge in [-0.25, -0.2) is 22.4 Å². The molecular weight excluding hydrogens is 1160 g/mol. The molecule has 89 heavy (non-hydrogen) atoms. The van der Waals surface area contributed by atoms with Crippen molar-refractivity contribution in [2.75, 3.05) is 124 Å². The molecule has 12 rings (SSSR count). The van der Waals surface area contributed by atoms with Crippen LogP contribution in [0.3, 0.4) is 0 Å². The first-order valence-corrected chi connectivity index (χ1v) is 30.1. The van der Waals surface area contributed by atoms with Crippen LogP contribution in [0.1, 0.15) is 69.1 Å². The number of aromatic carboxylic acids is 1. The van der Waals surface area contributed by atoms with Gasteiger partial charge in [0.25, 0.3) is 17.7 Å². The van der Waals surface area contributed by atoms with Crippen LogP contribution in [0, 0.1) is 23.3 Å². The van der Waals surface area contributed by atoms with Gasteiger partial charge in [-0.05, 0) is 76.2 Å². The van der Waals surface area contributed by atoms with Gasteiger partial charge in [-0.2, -0.15) is 0 Å². The van der Waals surface area contributed by atoms with Crippen LogP contribution in [0.4, 0.5) is 40.3 Å². The fraction of sp³-hybridized carbons (Fsp3) is 0.375. The quantitative estimate of drug-likeness (QED) is 0.143. The van der Waals surface area contributed by atoms with E-state index in [2.05, 4.69) is 5.32 Å². The fourth-order valence-electron chi connectivity index (χ4n) is 13.1. The van der Waals surface area contributed by atoms with Crippen molar-refractivity contribution in [3.63, 3.8) is 0 Å². The molecule has 0 aliphatic carbocycles. The number of aryl methyl sites for hydroxylation is 4. The number of carbonyl (C=O) groups excluding carboxylic acids is 3. The number of carboxylic acid groups (broad SMARTS) is 1. The van der Waals surface area contributed by atoms with Gasteiger partial charge >= 0.3 is 5.97 Å². The predicted molar refractivity (Wildman–Crippen MR) is 332 cm³/mol. The molecule has 0 radical (unpaired) electrons. The summed E-state index contributed by atoms with van der Waals surface area (Å²) in [4.78, 5) is 121. The van der Waals surface area contributed by atoms with E-state index in [0.717, 1.165) is 18.2 Å². The Bertz CT molecular complexity index is 4520. The van der Waals surface area contributed by atoms with E-state index >= 15 is 17.6 Å². The smallest absolute Gasteiger partial charge is 0.341 e. The number of amides is 3. The lowest BCUT2D eigenvalue weighted by atomic mass is 10.1. The summed E-state index contributed by atoms with van der Waals surface area (Å²) in [6.07, 6.45) is 5.68. The lowest BCUT2D eigenvalue weighted by Crippen LogP contribution is -2.50. The van der Waals surface area contributed by atoms with Gasteiger partial charge in [0, 0.05) is 177 Å². The van der Waals surface area contributed by atoms with Gasteiger partial charge in [-0.15, -0.1) is 0 Å². The van der Waals surface area contributed by atoms with Crippen molar-refractivity contribution in [1.29, 1.82) is 0 Å². The van der Waals surface area contributed by atoms with E-state index in [1.54, 1.807) is 58.1 Å². The molecule has 4 fully saturated rings. The van der Waals surface area contributed by atoms with Crippen LogP contribution in [-0.2, 0) is 26.2 Å². The number of fused-ring (bicyclic) bond motifs is 4. The average molecular weight is 1220 g/mol. The van der Waals surface area contributed by atoms with Crippen molar-refractivity contribution in [1.82, 2.24) is 38.3 Å². The van der Waals surface area contributed by atoms with Gasteiger partial charge in [-0.3, -0.25) is 33.6 Å². The third-order valence-corrected chi connectivity index (χ3v) is 18.1. The maximum absolute atomic E-state index is 16.3. The summed E-state index contributed by atoms with van der Waals surface area (Å²) in [5.41, 5.74) is -0.990. The molecule has 25 heteroatoms. The number of hydrogen-bond donors (Lipinski definition) is 2. The van der Waals surface area contributed by atoms with E-state index in [1.807, 2.05) is 25.7 Å². The molecule has 21 nitrogen and oxygen atoms in total. The standard InChI is InChI=1S/C64H66F4N12O9/c1-5-70-33-41(57(81)37-25-45(65)53(29-49(37)70)74-11-9-69-10-12-74)61(85)78-19-13-75(14-20-78)54-30-50-38(26-46(54)66)58(82)42(34-71(50)6-2)62(86)79-21-15-76(16-22-79)55-31-51-39(27-47(55)67)59(83)43(35-72(51)7-3)63(87)80-23-17-77(18-24-80)56-32-52-40(28-48(56)68)60(84)44(64(88)89)36-73(52)8-4/h25-36,69H,5-24H2,1-4H3,(H,88,89). The molecule has 0 bridgehead atoms. The number of hydrogen-bond acceptors (Lipinski definition) is 13. The molecule has 0 unspecified atom stereocenters. The number of halogens is 4. The highest BCUT2D eigenvalue weighted by Crippen LogP contribution is 2.32. The van der Waals surface area contributed by atoms with Gasteiger partial charge < -0.3 is 63.0 Å². The Kier molecular flexibility index (Phi) is 16.0. The van der Waals surface area contributed by atoms with E-state index in [-0.39, 0.29) is 134 Å². The Morgan fingerprint density at radius 2 is 0.607 bits per heavy atom. The second kappa shape index (κ2) is 23.9. The minimum Gasteiger partial charge on any atom is -0.477 e. The highest BCUT2D eigenvalue weighted by molar-refractivity contribution is 6.01. The Morgan fingerprint density at radius 1 is 0.371 bits per heavy atom. The van der Waals surface area contributed by atoms with E-state index in [9.17, 15) is 43.5 Å². The molecule has 4 aliphatic heterocycles. The van der Waals surface area contributed by atoms with Gasteiger partial charge in [0.2, 0.25) is 21.7 Å². The predicted octanol–water partition coefficient (Wildman–Crippen LogP) is 5.58. The highest BCUT2D eigenvalue weighted by Gasteiger charge is 2.33. The summed E-state index contributed by atoms with van der Waals surface area (Å²) in [5.74, 6) is -5.78. The number of piperazine rings is 4. The summed E-state index contributed by atoms with van der Waals surface area (Å²) in [5, 5.41) is 12.8. The number of pyridine rings is 4. The van der Waals surface area contributed by atoms with Gasteiger partial charge in [-0.1, -0.05) is 0 Å². The van der Waals surface area contributed by atoms with Crippen LogP contribution in [0.25, 0.3) is 43.6 Å². The Hall–Kier alpha value is -9.52. The third-order valence-electron chi connectivity index (χ3n) is 18.1. The minimum atomic E-state index is -1.42. The monoisotopic (exact) mass is 1220 g/mol. The SMILES string of the molecule is CCn1cc(C(=O)O)c(=O)c2cc(F)c(N3CCN(C(=O)c4cn(CC)c5cc(N6CCN(C(=O)c7cn(CC)c8cc(N9CCN(C(=O)c%10cn(CC)c%11cc(N%12CCNCC%12)c(F)cc%11c%10=O)CC9)c(F)cc8c7=O)CC6)c(F)cc5c4=O)CC3)cc21. The first kappa shape index (κ1) is 59.8. The maximum Gasteiger partial charge on any atom is 0.341 e. The maximum atomic E-state index is 16.3. The van der Waals surface area contributed by atoms with Gasteiger partial charge in [0.1, 0.15) is 45.5 Å². The molecule has 0 saturated carbocycles. The zero-order chi connectivity index (χ0) is 62.9. The van der Waals surface area contributed by atoms with Crippen molar-refractivity contribution in [2.45, 2.75) is 53.9 Å². The van der Waals surface area contributed by atoms with Crippen molar-refractivity contribution >= 4 is 90.1 Å². The Morgan fingerprint density at radius 3 is 0.854 bits per heavy atom. The molecule has 3 amide bonds. The number of rotatable bonds is 12. The van der Waals surface area contributed by atoms with Gasteiger partial charge in [0.05, 0.1) is 44.8 Å². The van der Waals surface area contributed by atoms with Crippen LogP contribution in [0.5, 0.6) is 0 Å². The fourth-order valence-corrected chi connectivity index (χ4v) is 13.1. The number of nitrogens with zero attached hydrogens (tertiary/aromatic N) is 11. The summed E-state index contributed by atoms with van der Waals surface area (Å²) >= 11 is 0. The lowest BCUT2D eigenvalue weighted by Gasteiger charge is -2.37. The van der Waals surface area contributed by atoms with Crippen LogP contribution >= 0.6 is 0 Å². The first-order chi connectivity index (χ1) is 42.8. The second-order valence-electron chi connectivity index (χ2n) is 22.8. The van der Waals surface area contributed by atoms with Crippen LogP contribution in [0.15, 0.2) is 92.5 Å². The normalized spacial score (nSPS) is 16.0. The van der Waals surface area contributed by atoms with Crippen LogP contribution in [0.2, 0.25) is 0 Å². The molecule has 8 aromatic rings. The number of carbonyl (C=O) groups is 4. The number of anilines is 4. The van der Waals surface area contributed by atoms with E-state index in [1.165, 1.54) is 51.6 Å². The lowest BCUT2D eigenvalue weighted by molar-refractivity contribution is 0.0691. The van der Waals surface area contributed by atoms with E-state index in [0.29, 0.717) is 80.1 Å². The molecule has 4 saturated heterocycles. The van der Waals surface area contributed by atoms with Crippen molar-refractivity contribution < 1.29 is 41.8 Å². The largest absolute Gasteiger partial charge is 0.477 e. The van der Waals surface area contributed by atoms with Crippen LogP contribution in [-0.4, -0.2) is 166 Å². The second-order valence-corrected chi connectivity index (χ2v) is 22.8. The molecule has 4 aliphatic rings. The molecule has 8 heterocycles. The van der Waals surface area contributed by atoms with E-state index < -0.39 is 74.2 Å². The molecule has 2 N–H and O–H groups in total. The zero-order valence-corrected chi connectivity index (χ0v) is 49.7. The summed E-state index contributed by atoms with van der Waals surface area (Å²) in [6, 6.07) is 10.8. The molecular formula is C64H66F4N12O9. The molecule has 464 valence electrons. The number of benzene rings is 4. The molecule has 0 spiro atoms. The van der Waals surface area contributed by atoms with E-state index in [4.69, 9.17) is 0 Å².